The third-order valence-electron chi connectivity index (χ3n) is 2.09. The van der Waals surface area contributed by atoms with Gasteiger partial charge in [-0.05, 0) is 6.07 Å². The molecule has 0 amide bonds. The quantitative estimate of drug-likeness (QED) is 0.777. The van der Waals surface area contributed by atoms with Gasteiger partial charge in [-0.15, -0.1) is 11.6 Å². The molecule has 4 nitrogen and oxygen atoms in total. The van der Waals surface area contributed by atoms with Gasteiger partial charge in [0.2, 0.25) is 5.95 Å². The van der Waals surface area contributed by atoms with Crippen molar-refractivity contribution in [3.05, 3.63) is 18.0 Å². The lowest BCUT2D eigenvalue weighted by molar-refractivity contribution is -0.141. The highest BCUT2D eigenvalue weighted by Gasteiger charge is 2.33. The lowest BCUT2D eigenvalue weighted by Gasteiger charge is -2.20. The lowest BCUT2D eigenvalue weighted by Crippen LogP contribution is -2.30. The Bertz CT molecular complexity index is 389. The van der Waals surface area contributed by atoms with E-state index in [9.17, 15) is 13.2 Å². The summed E-state index contributed by atoms with van der Waals surface area (Å²) in [5.74, 6) is -0.0217. The standard InChI is InChI=1S/C10H13ClF3N3O/c1-17(5-7(11)6-18-2)9-15-4-3-8(16-9)10(12,13)14/h3-4,7H,5-6H2,1-2H3. The molecule has 0 N–H and O–H groups in total. The Hall–Kier alpha value is -1.08. The molecule has 0 radical (unpaired) electrons. The van der Waals surface area contributed by atoms with Gasteiger partial charge in [0.25, 0.3) is 0 Å². The number of halogens is 4. The summed E-state index contributed by atoms with van der Waals surface area (Å²) in [6, 6.07) is 0.824. The SMILES string of the molecule is COCC(Cl)CN(C)c1nccc(C(F)(F)F)n1. The van der Waals surface area contributed by atoms with Crippen molar-refractivity contribution in [2.45, 2.75) is 11.6 Å². The molecule has 0 aliphatic heterocycles. The van der Waals surface area contributed by atoms with Crippen LogP contribution >= 0.6 is 11.6 Å². The Morgan fingerprint density at radius 3 is 2.72 bits per heavy atom. The largest absolute Gasteiger partial charge is 0.433 e. The number of ether oxygens (including phenoxy) is 1. The minimum absolute atomic E-state index is 0.0217. The Labute approximate surface area is 108 Å². The van der Waals surface area contributed by atoms with Crippen molar-refractivity contribution in [1.29, 1.82) is 0 Å². The van der Waals surface area contributed by atoms with E-state index >= 15 is 0 Å². The Morgan fingerprint density at radius 1 is 1.50 bits per heavy atom. The maximum Gasteiger partial charge on any atom is 0.433 e. The monoisotopic (exact) mass is 283 g/mol. The van der Waals surface area contributed by atoms with Crippen LogP contribution in [0.5, 0.6) is 0 Å². The number of anilines is 1. The Morgan fingerprint density at radius 2 is 2.17 bits per heavy atom. The summed E-state index contributed by atoms with van der Waals surface area (Å²) in [5, 5.41) is -0.349. The van der Waals surface area contributed by atoms with E-state index in [4.69, 9.17) is 16.3 Å². The highest BCUT2D eigenvalue weighted by atomic mass is 35.5. The Balaban J connectivity index is 2.77. The molecule has 1 heterocycles. The second-order valence-electron chi connectivity index (χ2n) is 3.67. The van der Waals surface area contributed by atoms with Crippen molar-refractivity contribution in [3.8, 4) is 0 Å². The van der Waals surface area contributed by atoms with Crippen molar-refractivity contribution in [1.82, 2.24) is 9.97 Å². The predicted octanol–water partition coefficient (Wildman–Crippen LogP) is 2.19. The number of alkyl halides is 4. The first-order valence-corrected chi connectivity index (χ1v) is 5.52. The van der Waals surface area contributed by atoms with Crippen molar-refractivity contribution in [2.24, 2.45) is 0 Å². The van der Waals surface area contributed by atoms with E-state index < -0.39 is 11.9 Å². The smallest absolute Gasteiger partial charge is 0.383 e. The highest BCUT2D eigenvalue weighted by molar-refractivity contribution is 6.21. The van der Waals surface area contributed by atoms with Gasteiger partial charge < -0.3 is 9.64 Å². The molecule has 0 aliphatic carbocycles. The molecule has 0 bridgehead atoms. The van der Waals surface area contributed by atoms with Gasteiger partial charge in [0.15, 0.2) is 0 Å². The summed E-state index contributed by atoms with van der Waals surface area (Å²) in [6.45, 7) is 0.585. The molecule has 8 heteroatoms. The van der Waals surface area contributed by atoms with E-state index in [1.807, 2.05) is 0 Å². The van der Waals surface area contributed by atoms with Gasteiger partial charge in [0.05, 0.1) is 12.0 Å². The van der Waals surface area contributed by atoms with E-state index in [0.717, 1.165) is 12.3 Å². The van der Waals surface area contributed by atoms with Crippen LogP contribution in [-0.2, 0) is 10.9 Å². The fourth-order valence-corrected chi connectivity index (χ4v) is 1.64. The zero-order chi connectivity index (χ0) is 13.8. The van der Waals surface area contributed by atoms with Gasteiger partial charge in [-0.1, -0.05) is 0 Å². The molecule has 0 fully saturated rings. The second kappa shape index (κ2) is 6.19. The number of hydrogen-bond acceptors (Lipinski definition) is 4. The minimum Gasteiger partial charge on any atom is -0.383 e. The molecule has 1 rings (SSSR count). The summed E-state index contributed by atoms with van der Waals surface area (Å²) in [4.78, 5) is 8.68. The number of rotatable bonds is 5. The molecule has 0 spiro atoms. The topological polar surface area (TPSA) is 38.2 Å². The van der Waals surface area contributed by atoms with Crippen LogP contribution in [0.15, 0.2) is 12.3 Å². The van der Waals surface area contributed by atoms with Gasteiger partial charge in [0, 0.05) is 26.9 Å². The number of aromatic nitrogens is 2. The zero-order valence-electron chi connectivity index (χ0n) is 9.91. The molecule has 0 aliphatic rings. The van der Waals surface area contributed by atoms with Gasteiger partial charge in [-0.3, -0.25) is 0 Å². The van der Waals surface area contributed by atoms with Crippen LogP contribution in [0.1, 0.15) is 5.69 Å². The van der Waals surface area contributed by atoms with Crippen LogP contribution < -0.4 is 4.90 Å². The summed E-state index contributed by atoms with van der Waals surface area (Å²) in [5.41, 5.74) is -0.975. The third kappa shape index (κ3) is 4.30. The normalized spacial score (nSPS) is 13.4. The van der Waals surface area contributed by atoms with Crippen molar-refractivity contribution < 1.29 is 17.9 Å². The zero-order valence-corrected chi connectivity index (χ0v) is 10.7. The van der Waals surface area contributed by atoms with Crippen LogP contribution in [0.4, 0.5) is 19.1 Å². The molecular weight excluding hydrogens is 271 g/mol. The fraction of sp³-hybridized carbons (Fsp3) is 0.600. The maximum atomic E-state index is 12.5. The summed E-state index contributed by atoms with van der Waals surface area (Å²) < 4.78 is 42.2. The van der Waals surface area contributed by atoms with E-state index in [0.29, 0.717) is 6.61 Å². The summed E-state index contributed by atoms with van der Waals surface area (Å²) in [6.07, 6.45) is -3.41. The molecule has 0 saturated carbocycles. The fourth-order valence-electron chi connectivity index (χ4n) is 1.30. The van der Waals surface area contributed by atoms with E-state index in [2.05, 4.69) is 9.97 Å². The van der Waals surface area contributed by atoms with Gasteiger partial charge in [0.1, 0.15) is 5.69 Å². The third-order valence-corrected chi connectivity index (χ3v) is 2.36. The average Bonchev–Trinajstić information content (AvgIpc) is 2.28. The molecule has 1 aromatic rings. The molecular formula is C10H13ClF3N3O. The van der Waals surface area contributed by atoms with Crippen molar-refractivity contribution in [2.75, 3.05) is 32.2 Å². The highest BCUT2D eigenvalue weighted by Crippen LogP contribution is 2.27. The first kappa shape index (κ1) is 15.0. The lowest BCUT2D eigenvalue weighted by atomic mass is 10.4. The van der Waals surface area contributed by atoms with Gasteiger partial charge >= 0.3 is 6.18 Å². The first-order chi connectivity index (χ1) is 8.34. The first-order valence-electron chi connectivity index (χ1n) is 5.09. The van der Waals surface area contributed by atoms with Crippen LogP contribution in [0.25, 0.3) is 0 Å². The minimum atomic E-state index is -4.48. The molecule has 1 aromatic heterocycles. The predicted molar refractivity (Wildman–Crippen MR) is 61.8 cm³/mol. The average molecular weight is 284 g/mol. The molecule has 102 valence electrons. The van der Waals surface area contributed by atoms with Crippen LogP contribution in [0.3, 0.4) is 0 Å². The maximum absolute atomic E-state index is 12.5. The molecule has 1 atom stereocenters. The van der Waals surface area contributed by atoms with E-state index in [-0.39, 0.29) is 17.9 Å². The number of methoxy groups -OCH3 is 1. The van der Waals surface area contributed by atoms with Crippen LogP contribution in [0.2, 0.25) is 0 Å². The second-order valence-corrected chi connectivity index (χ2v) is 4.29. The number of hydrogen-bond donors (Lipinski definition) is 0. The van der Waals surface area contributed by atoms with E-state index in [1.165, 1.54) is 12.0 Å². The number of nitrogens with zero attached hydrogens (tertiary/aromatic N) is 3. The van der Waals surface area contributed by atoms with Crippen LogP contribution in [-0.4, -0.2) is 42.7 Å². The van der Waals surface area contributed by atoms with Gasteiger partial charge in [-0.2, -0.15) is 13.2 Å². The van der Waals surface area contributed by atoms with Gasteiger partial charge in [-0.25, -0.2) is 9.97 Å². The van der Waals surface area contributed by atoms with E-state index in [1.54, 1.807) is 7.05 Å². The molecule has 18 heavy (non-hydrogen) atoms. The van der Waals surface area contributed by atoms with Crippen LogP contribution in [0, 0.1) is 0 Å². The summed E-state index contributed by atoms with van der Waals surface area (Å²) >= 11 is 5.91. The molecule has 0 saturated heterocycles. The van der Waals surface area contributed by atoms with Crippen molar-refractivity contribution >= 4 is 17.5 Å². The van der Waals surface area contributed by atoms with Crippen molar-refractivity contribution in [3.63, 3.8) is 0 Å². The Kier molecular flexibility index (Phi) is 5.15. The molecule has 1 unspecified atom stereocenters. The molecule has 0 aromatic carbocycles. The summed E-state index contributed by atoms with van der Waals surface area (Å²) in [7, 11) is 3.07.